The average molecular weight is 701 g/mol. The van der Waals surface area contributed by atoms with E-state index in [4.69, 9.17) is 0 Å². The van der Waals surface area contributed by atoms with Crippen molar-refractivity contribution in [3.05, 3.63) is 143 Å². The largest absolute Gasteiger partial charge is 0.290 e. The van der Waals surface area contributed by atoms with E-state index >= 15 is 0 Å². The Hall–Kier alpha value is -5.32. The van der Waals surface area contributed by atoms with Crippen molar-refractivity contribution in [1.82, 2.24) is 19.6 Å². The van der Waals surface area contributed by atoms with E-state index < -0.39 is 0 Å². The van der Waals surface area contributed by atoms with Gasteiger partial charge in [-0.15, -0.1) is 0 Å². The third-order valence-electron chi connectivity index (χ3n) is 8.45. The Morgan fingerprint density at radius 3 is 0.654 bits per heavy atom. The molecule has 264 valence electrons. The summed E-state index contributed by atoms with van der Waals surface area (Å²) in [6, 6.07) is 24.7. The van der Waals surface area contributed by atoms with Gasteiger partial charge in [0.25, 0.3) is 0 Å². The molecular weight excluding hydrogens is 661 g/mol. The van der Waals surface area contributed by atoms with Crippen LogP contribution in [0.5, 0.6) is 0 Å². The van der Waals surface area contributed by atoms with Crippen molar-refractivity contribution >= 4 is 0 Å². The molecule has 8 heteroatoms. The Balaban J connectivity index is 1.33. The van der Waals surface area contributed by atoms with Crippen LogP contribution >= 0.6 is 0 Å². The van der Waals surface area contributed by atoms with Crippen molar-refractivity contribution in [2.75, 3.05) is 78.5 Å². The van der Waals surface area contributed by atoms with Gasteiger partial charge in [-0.1, -0.05) is 47.4 Å². The number of nitrogens with zero attached hydrogens (tertiary/aromatic N) is 4. The van der Waals surface area contributed by atoms with Gasteiger partial charge in [0, 0.05) is 74.6 Å². The van der Waals surface area contributed by atoms with E-state index in [-0.39, 0.29) is 23.3 Å². The van der Waals surface area contributed by atoms with Gasteiger partial charge >= 0.3 is 0 Å². The lowest BCUT2D eigenvalue weighted by Crippen LogP contribution is -2.46. The lowest BCUT2D eigenvalue weighted by Gasteiger charge is -2.32. The van der Waals surface area contributed by atoms with Gasteiger partial charge in [0.05, 0.1) is 26.2 Å². The van der Waals surface area contributed by atoms with E-state index in [1.807, 2.05) is 0 Å². The van der Waals surface area contributed by atoms with Gasteiger partial charge < -0.3 is 0 Å². The Morgan fingerprint density at radius 2 is 0.481 bits per heavy atom. The van der Waals surface area contributed by atoms with Gasteiger partial charge in [0.1, 0.15) is 23.3 Å². The van der Waals surface area contributed by atoms with Gasteiger partial charge in [-0.2, -0.15) is 0 Å². The first-order chi connectivity index (χ1) is 25.4. The summed E-state index contributed by atoms with van der Waals surface area (Å²) in [6.07, 6.45) is 0. The molecule has 0 radical (unpaired) electrons. The Bertz CT molecular complexity index is 1660. The lowest BCUT2D eigenvalue weighted by atomic mass is 10.2. The normalized spacial score (nSPS) is 14.8. The first-order valence-corrected chi connectivity index (χ1v) is 17.3. The number of benzene rings is 4. The third kappa shape index (κ3) is 13.8. The average Bonchev–Trinajstić information content (AvgIpc) is 3.15. The van der Waals surface area contributed by atoms with Crippen LogP contribution < -0.4 is 0 Å². The van der Waals surface area contributed by atoms with Crippen LogP contribution in [0.3, 0.4) is 0 Å². The van der Waals surface area contributed by atoms with Crippen LogP contribution in [0.2, 0.25) is 0 Å². The summed E-state index contributed by atoms with van der Waals surface area (Å²) in [4.78, 5) is 9.24. The highest BCUT2D eigenvalue weighted by Crippen LogP contribution is 2.06. The molecule has 4 aromatic rings. The first-order valence-electron chi connectivity index (χ1n) is 17.3. The second-order valence-corrected chi connectivity index (χ2v) is 12.3. The molecule has 0 aromatic heterocycles. The predicted molar refractivity (Wildman–Crippen MR) is 199 cm³/mol. The number of halogens is 4. The van der Waals surface area contributed by atoms with Crippen LogP contribution in [-0.2, 0) is 0 Å². The smallest absolute Gasteiger partial charge is 0.123 e. The second-order valence-electron chi connectivity index (χ2n) is 12.3. The highest BCUT2D eigenvalue weighted by molar-refractivity contribution is 5.36. The fourth-order valence-corrected chi connectivity index (χ4v) is 5.36. The monoisotopic (exact) mass is 700 g/mol. The van der Waals surface area contributed by atoms with Gasteiger partial charge in [0.15, 0.2) is 0 Å². The van der Waals surface area contributed by atoms with Crippen molar-refractivity contribution in [2.45, 2.75) is 0 Å². The standard InChI is InChI=1S/C44H40F4N4/c45-41-17-9-37(10-18-41)5-1-25-49-29-31-50(26-2-6-38-11-19-42(46)20-12-38)33-35-52(28-4-8-40-15-23-44(48)24-16-40)36-34-51(32-30-49)27-3-7-39-13-21-43(47)22-14-39/h9-24H,25-36H2. The molecule has 0 N–H and O–H groups in total. The minimum atomic E-state index is -0.294. The molecule has 0 atom stereocenters. The topological polar surface area (TPSA) is 13.0 Å². The molecule has 1 saturated heterocycles. The van der Waals surface area contributed by atoms with Crippen molar-refractivity contribution in [3.8, 4) is 47.4 Å². The molecule has 0 spiro atoms. The van der Waals surface area contributed by atoms with Gasteiger partial charge in [-0.05, 0) is 97.1 Å². The fraction of sp³-hybridized carbons (Fsp3) is 0.273. The molecule has 4 nitrogen and oxygen atoms in total. The highest BCUT2D eigenvalue weighted by atomic mass is 19.1. The summed E-state index contributed by atoms with van der Waals surface area (Å²) in [5.74, 6) is 24.6. The Labute approximate surface area is 305 Å². The molecule has 1 aliphatic heterocycles. The van der Waals surface area contributed by atoms with Gasteiger partial charge in [0.2, 0.25) is 0 Å². The predicted octanol–water partition coefficient (Wildman–Crippen LogP) is 5.97. The van der Waals surface area contributed by atoms with Crippen molar-refractivity contribution in [2.24, 2.45) is 0 Å². The highest BCUT2D eigenvalue weighted by Gasteiger charge is 2.15. The summed E-state index contributed by atoms with van der Waals surface area (Å²) in [7, 11) is 0. The Morgan fingerprint density at radius 1 is 0.308 bits per heavy atom. The molecular formula is C44H40F4N4. The summed E-state index contributed by atoms with van der Waals surface area (Å²) >= 11 is 0. The molecule has 1 fully saturated rings. The summed E-state index contributed by atoms with van der Waals surface area (Å²) in [5, 5.41) is 0. The number of hydrogen-bond acceptors (Lipinski definition) is 4. The molecule has 1 heterocycles. The van der Waals surface area contributed by atoms with Crippen LogP contribution in [0.15, 0.2) is 97.1 Å². The zero-order valence-electron chi connectivity index (χ0n) is 29.0. The number of hydrogen-bond donors (Lipinski definition) is 0. The molecule has 0 aliphatic carbocycles. The maximum Gasteiger partial charge on any atom is 0.123 e. The molecule has 1 aliphatic rings. The molecule has 0 saturated carbocycles. The first kappa shape index (κ1) is 37.9. The quantitative estimate of drug-likeness (QED) is 0.192. The van der Waals surface area contributed by atoms with Gasteiger partial charge in [-0.3, -0.25) is 19.6 Å². The van der Waals surface area contributed by atoms with E-state index in [2.05, 4.69) is 67.0 Å². The summed E-state index contributed by atoms with van der Waals surface area (Å²) < 4.78 is 53.7. The van der Waals surface area contributed by atoms with Crippen LogP contribution in [0.25, 0.3) is 0 Å². The molecule has 0 bridgehead atoms. The zero-order chi connectivity index (χ0) is 36.4. The van der Waals surface area contributed by atoms with E-state index in [1.54, 1.807) is 48.5 Å². The summed E-state index contributed by atoms with van der Waals surface area (Å²) in [6.45, 7) is 8.10. The van der Waals surface area contributed by atoms with E-state index in [0.29, 0.717) is 26.2 Å². The lowest BCUT2D eigenvalue weighted by molar-refractivity contribution is 0.157. The molecule has 0 unspecified atom stereocenters. The van der Waals surface area contributed by atoms with Gasteiger partial charge in [-0.25, -0.2) is 17.6 Å². The van der Waals surface area contributed by atoms with E-state index in [1.165, 1.54) is 48.5 Å². The molecule has 0 amide bonds. The van der Waals surface area contributed by atoms with Crippen molar-refractivity contribution in [1.29, 1.82) is 0 Å². The SMILES string of the molecule is Fc1ccc(C#CCN2CCN(CC#Cc3ccc(F)cc3)CCN(CC#Cc3ccc(F)cc3)CCN(CC#Cc3ccc(F)cc3)CC2)cc1. The summed E-state index contributed by atoms with van der Waals surface area (Å²) in [5.41, 5.74) is 3.03. The second kappa shape index (κ2) is 20.5. The minimum Gasteiger partial charge on any atom is -0.290 e. The van der Waals surface area contributed by atoms with Crippen LogP contribution in [0.4, 0.5) is 17.6 Å². The molecule has 5 rings (SSSR count). The van der Waals surface area contributed by atoms with E-state index in [9.17, 15) is 17.6 Å². The van der Waals surface area contributed by atoms with Crippen molar-refractivity contribution < 1.29 is 17.6 Å². The molecule has 4 aromatic carbocycles. The van der Waals surface area contributed by atoms with Crippen LogP contribution in [-0.4, -0.2) is 98.1 Å². The van der Waals surface area contributed by atoms with Crippen LogP contribution in [0.1, 0.15) is 22.3 Å². The molecule has 52 heavy (non-hydrogen) atoms. The maximum absolute atomic E-state index is 13.4. The van der Waals surface area contributed by atoms with Crippen molar-refractivity contribution in [3.63, 3.8) is 0 Å². The maximum atomic E-state index is 13.4. The van der Waals surface area contributed by atoms with E-state index in [0.717, 1.165) is 74.6 Å². The minimum absolute atomic E-state index is 0.294. The third-order valence-corrected chi connectivity index (χ3v) is 8.45. The van der Waals surface area contributed by atoms with Crippen LogP contribution in [0, 0.1) is 70.6 Å². The fourth-order valence-electron chi connectivity index (χ4n) is 5.36. The number of rotatable bonds is 4. The zero-order valence-corrected chi connectivity index (χ0v) is 29.0. The Kier molecular flexibility index (Phi) is 15.0.